The molecule has 0 spiro atoms. The molecule has 4 nitrogen and oxygen atoms in total. The van der Waals surface area contributed by atoms with E-state index in [-0.39, 0.29) is 29.9 Å². The zero-order chi connectivity index (χ0) is 11.9. The Kier molecular flexibility index (Phi) is 3.61. The maximum Gasteiger partial charge on any atom is 0.586 e. The Morgan fingerprint density at radius 1 is 1.22 bits per heavy atom. The number of hydrogen-bond acceptors (Lipinski definition) is 4. The van der Waals surface area contributed by atoms with Crippen molar-refractivity contribution in [3.8, 4) is 11.5 Å². The maximum absolute atomic E-state index is 12.8. The molecule has 0 unspecified atom stereocenters. The summed E-state index contributed by atoms with van der Waals surface area (Å²) < 4.78 is 39.7. The fraction of sp³-hybridized carbons (Fsp3) is 0.455. The Morgan fingerprint density at radius 2 is 2.00 bits per heavy atom. The molecule has 7 heteroatoms. The predicted molar refractivity (Wildman–Crippen MR) is 61.5 cm³/mol. The second-order valence-electron chi connectivity index (χ2n) is 3.96. The molecule has 1 aromatic rings. The molecule has 0 aromatic heterocycles. The fourth-order valence-corrected chi connectivity index (χ4v) is 1.96. The van der Waals surface area contributed by atoms with Gasteiger partial charge in [0.05, 0.1) is 19.3 Å². The summed E-state index contributed by atoms with van der Waals surface area (Å²) in [6.45, 7) is 1.93. The van der Waals surface area contributed by atoms with E-state index in [0.29, 0.717) is 13.2 Å². The average Bonchev–Trinajstić information content (AvgIpc) is 2.63. The summed E-state index contributed by atoms with van der Waals surface area (Å²) in [4.78, 5) is 0. The Bertz CT molecular complexity index is 438. The Hall–Kier alpha value is -1.11. The highest BCUT2D eigenvalue weighted by Gasteiger charge is 2.43. The smallest absolute Gasteiger partial charge is 0.395 e. The molecule has 2 aliphatic rings. The third-order valence-corrected chi connectivity index (χ3v) is 2.75. The summed E-state index contributed by atoms with van der Waals surface area (Å²) in [5.74, 6) is 0.135. The quantitative estimate of drug-likeness (QED) is 0.854. The van der Waals surface area contributed by atoms with Crippen LogP contribution in [0, 0.1) is 0 Å². The van der Waals surface area contributed by atoms with Gasteiger partial charge in [0.1, 0.15) is 0 Å². The summed E-state index contributed by atoms with van der Waals surface area (Å²) in [5, 5.41) is 3.24. The third kappa shape index (κ3) is 2.50. The standard InChI is InChI=1S/C11H11F2NO3.ClH/c12-11(13)16-9-2-1-7(5-10(9)17-11)8-6-15-4-3-14-8;/h1-2,5,8,14H,3-4,6H2;1H/t8-;/m0./s1. The van der Waals surface area contributed by atoms with Gasteiger partial charge < -0.3 is 19.5 Å². The highest BCUT2D eigenvalue weighted by atomic mass is 35.5. The summed E-state index contributed by atoms with van der Waals surface area (Å²) in [5.41, 5.74) is 0.852. The molecule has 2 aliphatic heterocycles. The van der Waals surface area contributed by atoms with E-state index >= 15 is 0 Å². The largest absolute Gasteiger partial charge is 0.586 e. The molecule has 0 aliphatic carbocycles. The lowest BCUT2D eigenvalue weighted by Gasteiger charge is -2.24. The number of benzene rings is 1. The van der Waals surface area contributed by atoms with Crippen LogP contribution in [0.5, 0.6) is 11.5 Å². The minimum atomic E-state index is -3.56. The van der Waals surface area contributed by atoms with E-state index < -0.39 is 6.29 Å². The Balaban J connectivity index is 0.00000120. The van der Waals surface area contributed by atoms with Crippen LogP contribution in [0.4, 0.5) is 8.78 Å². The number of fused-ring (bicyclic) bond motifs is 1. The van der Waals surface area contributed by atoms with Crippen LogP contribution in [0.3, 0.4) is 0 Å². The molecule has 1 atom stereocenters. The Labute approximate surface area is 109 Å². The van der Waals surface area contributed by atoms with Crippen molar-refractivity contribution in [2.24, 2.45) is 0 Å². The lowest BCUT2D eigenvalue weighted by atomic mass is 10.1. The van der Waals surface area contributed by atoms with Gasteiger partial charge in [0.25, 0.3) is 0 Å². The fourth-order valence-electron chi connectivity index (χ4n) is 1.96. The van der Waals surface area contributed by atoms with Crippen LogP contribution in [0.15, 0.2) is 18.2 Å². The van der Waals surface area contributed by atoms with Gasteiger partial charge in [-0.15, -0.1) is 21.2 Å². The lowest BCUT2D eigenvalue weighted by molar-refractivity contribution is -0.286. The van der Waals surface area contributed by atoms with E-state index in [1.807, 2.05) is 0 Å². The molecule has 3 rings (SSSR count). The van der Waals surface area contributed by atoms with Gasteiger partial charge in [0.2, 0.25) is 0 Å². The third-order valence-electron chi connectivity index (χ3n) is 2.75. The van der Waals surface area contributed by atoms with Crippen molar-refractivity contribution in [3.05, 3.63) is 23.8 Å². The molecule has 1 aromatic carbocycles. The second kappa shape index (κ2) is 4.87. The van der Waals surface area contributed by atoms with Crippen LogP contribution < -0.4 is 14.8 Å². The highest BCUT2D eigenvalue weighted by molar-refractivity contribution is 5.85. The monoisotopic (exact) mass is 279 g/mol. The van der Waals surface area contributed by atoms with Crippen molar-refractivity contribution in [2.75, 3.05) is 19.8 Å². The summed E-state index contributed by atoms with van der Waals surface area (Å²) in [6.07, 6.45) is -3.56. The van der Waals surface area contributed by atoms with Gasteiger partial charge in [-0.3, -0.25) is 0 Å². The average molecular weight is 280 g/mol. The molecule has 0 amide bonds. The van der Waals surface area contributed by atoms with Crippen molar-refractivity contribution in [2.45, 2.75) is 12.3 Å². The molecule has 0 radical (unpaired) electrons. The first kappa shape index (κ1) is 13.3. The molecule has 0 saturated carbocycles. The molecule has 0 bridgehead atoms. The lowest BCUT2D eigenvalue weighted by Crippen LogP contribution is -2.34. The first-order valence-electron chi connectivity index (χ1n) is 5.35. The minimum absolute atomic E-state index is 0. The molecule has 1 N–H and O–H groups in total. The van der Waals surface area contributed by atoms with Gasteiger partial charge in [0.15, 0.2) is 11.5 Å². The van der Waals surface area contributed by atoms with E-state index in [9.17, 15) is 8.78 Å². The molecular formula is C11H12ClF2NO3. The molecule has 2 heterocycles. The van der Waals surface area contributed by atoms with Crippen molar-refractivity contribution >= 4 is 12.4 Å². The van der Waals surface area contributed by atoms with Gasteiger partial charge in [-0.05, 0) is 17.7 Å². The molecule has 18 heavy (non-hydrogen) atoms. The number of alkyl halides is 2. The summed E-state index contributed by atoms with van der Waals surface area (Å²) >= 11 is 0. The summed E-state index contributed by atoms with van der Waals surface area (Å²) in [7, 11) is 0. The number of halogens is 3. The van der Waals surface area contributed by atoms with Gasteiger partial charge in [0, 0.05) is 6.54 Å². The van der Waals surface area contributed by atoms with Crippen LogP contribution in [-0.2, 0) is 4.74 Å². The topological polar surface area (TPSA) is 39.7 Å². The van der Waals surface area contributed by atoms with Crippen LogP contribution in [0.25, 0.3) is 0 Å². The van der Waals surface area contributed by atoms with Crippen molar-refractivity contribution in [1.82, 2.24) is 5.32 Å². The number of hydrogen-bond donors (Lipinski definition) is 1. The van der Waals surface area contributed by atoms with Gasteiger partial charge in [-0.1, -0.05) is 6.07 Å². The number of morpholine rings is 1. The van der Waals surface area contributed by atoms with E-state index in [2.05, 4.69) is 14.8 Å². The molecule has 100 valence electrons. The van der Waals surface area contributed by atoms with E-state index in [4.69, 9.17) is 4.74 Å². The number of ether oxygens (including phenoxy) is 3. The van der Waals surface area contributed by atoms with E-state index in [0.717, 1.165) is 12.1 Å². The van der Waals surface area contributed by atoms with Crippen LogP contribution >= 0.6 is 12.4 Å². The van der Waals surface area contributed by atoms with Gasteiger partial charge in [-0.25, -0.2) is 0 Å². The van der Waals surface area contributed by atoms with Crippen molar-refractivity contribution < 1.29 is 23.0 Å². The predicted octanol–water partition coefficient (Wildman–Crippen LogP) is 2.09. The normalized spacial score (nSPS) is 24.4. The second-order valence-corrected chi connectivity index (χ2v) is 3.96. The van der Waals surface area contributed by atoms with Gasteiger partial charge >= 0.3 is 6.29 Å². The first-order chi connectivity index (χ1) is 8.14. The van der Waals surface area contributed by atoms with Crippen LogP contribution in [0.2, 0.25) is 0 Å². The molecule has 1 fully saturated rings. The first-order valence-corrected chi connectivity index (χ1v) is 5.35. The van der Waals surface area contributed by atoms with Crippen molar-refractivity contribution in [1.29, 1.82) is 0 Å². The maximum atomic E-state index is 12.8. The zero-order valence-electron chi connectivity index (χ0n) is 9.32. The molecule has 1 saturated heterocycles. The van der Waals surface area contributed by atoms with E-state index in [1.165, 1.54) is 6.07 Å². The minimum Gasteiger partial charge on any atom is -0.395 e. The van der Waals surface area contributed by atoms with E-state index in [1.54, 1.807) is 12.1 Å². The van der Waals surface area contributed by atoms with Gasteiger partial charge in [-0.2, -0.15) is 0 Å². The van der Waals surface area contributed by atoms with Crippen LogP contribution in [0.1, 0.15) is 11.6 Å². The van der Waals surface area contributed by atoms with Crippen molar-refractivity contribution in [3.63, 3.8) is 0 Å². The Morgan fingerprint density at radius 3 is 2.72 bits per heavy atom. The summed E-state index contributed by atoms with van der Waals surface area (Å²) in [6, 6.07) is 4.78. The molecular weight excluding hydrogens is 268 g/mol. The number of rotatable bonds is 1. The zero-order valence-corrected chi connectivity index (χ0v) is 10.1. The highest BCUT2D eigenvalue weighted by Crippen LogP contribution is 2.42. The SMILES string of the molecule is Cl.FC1(F)Oc2ccc([C@@H]3COCCN3)cc2O1. The van der Waals surface area contributed by atoms with Crippen LogP contribution in [-0.4, -0.2) is 26.1 Å². The number of nitrogens with one attached hydrogen (secondary N) is 1.